The number of carbonyl (C=O) groups excluding carboxylic acids is 1. The van der Waals surface area contributed by atoms with Gasteiger partial charge in [0.25, 0.3) is 0 Å². The molecule has 30 heavy (non-hydrogen) atoms. The number of carbonyl (C=O) groups is 1. The van der Waals surface area contributed by atoms with Crippen LogP contribution in [0.25, 0.3) is 0 Å². The molecule has 1 amide bonds. The lowest BCUT2D eigenvalue weighted by molar-refractivity contribution is 0.181. The van der Waals surface area contributed by atoms with Crippen LogP contribution in [0.1, 0.15) is 5.56 Å². The molecule has 2 heterocycles. The number of benzene rings is 2. The van der Waals surface area contributed by atoms with E-state index in [1.807, 2.05) is 24.3 Å². The van der Waals surface area contributed by atoms with Crippen molar-refractivity contribution >= 4 is 47.4 Å². The van der Waals surface area contributed by atoms with Gasteiger partial charge in [0.1, 0.15) is 12.4 Å². The molecule has 2 fully saturated rings. The van der Waals surface area contributed by atoms with Gasteiger partial charge in [0, 0.05) is 37.6 Å². The molecule has 0 saturated carbocycles. The minimum atomic E-state index is -0.306. The van der Waals surface area contributed by atoms with Gasteiger partial charge in [-0.2, -0.15) is 0 Å². The van der Waals surface area contributed by atoms with E-state index in [0.29, 0.717) is 25.7 Å². The third-order valence-corrected chi connectivity index (χ3v) is 5.23. The van der Waals surface area contributed by atoms with Crippen LogP contribution in [0.4, 0.5) is 20.6 Å². The Morgan fingerprint density at radius 1 is 0.967 bits per heavy atom. The molecule has 0 bridgehead atoms. The van der Waals surface area contributed by atoms with Gasteiger partial charge in [-0.05, 0) is 42.0 Å². The first-order valence-corrected chi connectivity index (χ1v) is 9.69. The van der Waals surface area contributed by atoms with Crippen molar-refractivity contribution in [3.63, 3.8) is 0 Å². The largest absolute Gasteiger partial charge is 0.447 e. The van der Waals surface area contributed by atoms with Crippen molar-refractivity contribution in [1.29, 1.82) is 0 Å². The molecular formula is C21H25FIN5O2. The molecule has 2 aliphatic rings. The van der Waals surface area contributed by atoms with Gasteiger partial charge in [-0.3, -0.25) is 4.90 Å². The van der Waals surface area contributed by atoms with E-state index in [9.17, 15) is 9.18 Å². The third kappa shape index (κ3) is 5.13. The molecule has 0 unspecified atom stereocenters. The highest BCUT2D eigenvalue weighted by molar-refractivity contribution is 14.0. The molecule has 9 heteroatoms. The summed E-state index contributed by atoms with van der Waals surface area (Å²) in [7, 11) is 0. The van der Waals surface area contributed by atoms with Crippen LogP contribution in [0.15, 0.2) is 53.5 Å². The molecule has 0 spiro atoms. The number of nitrogens with zero attached hydrogens (tertiary/aromatic N) is 4. The number of ether oxygens (including phenoxy) is 1. The zero-order valence-electron chi connectivity index (χ0n) is 16.5. The number of nitrogens with two attached hydrogens (primary N) is 1. The summed E-state index contributed by atoms with van der Waals surface area (Å²) >= 11 is 0. The summed E-state index contributed by atoms with van der Waals surface area (Å²) in [5, 5.41) is 0. The Bertz CT molecular complexity index is 883. The highest BCUT2D eigenvalue weighted by Gasteiger charge is 2.23. The molecular weight excluding hydrogens is 500 g/mol. The Balaban J connectivity index is 0.00000256. The minimum Gasteiger partial charge on any atom is -0.447 e. The van der Waals surface area contributed by atoms with Crippen LogP contribution in [-0.2, 0) is 11.3 Å². The fourth-order valence-corrected chi connectivity index (χ4v) is 3.53. The average Bonchev–Trinajstić information content (AvgIpc) is 3.19. The van der Waals surface area contributed by atoms with Crippen molar-refractivity contribution < 1.29 is 13.9 Å². The van der Waals surface area contributed by atoms with Crippen LogP contribution in [-0.4, -0.2) is 56.3 Å². The molecule has 2 aliphatic heterocycles. The Labute approximate surface area is 192 Å². The first-order valence-electron chi connectivity index (χ1n) is 9.69. The Hall–Kier alpha value is -2.56. The van der Waals surface area contributed by atoms with Crippen molar-refractivity contribution in [1.82, 2.24) is 4.90 Å². The van der Waals surface area contributed by atoms with Gasteiger partial charge in [0.05, 0.1) is 13.1 Å². The number of rotatable bonds is 4. The number of hydrogen-bond donors (Lipinski definition) is 1. The van der Waals surface area contributed by atoms with Crippen molar-refractivity contribution in [3.8, 4) is 0 Å². The molecule has 2 aromatic rings. The van der Waals surface area contributed by atoms with Gasteiger partial charge in [-0.1, -0.05) is 12.1 Å². The van der Waals surface area contributed by atoms with Gasteiger partial charge in [0.2, 0.25) is 0 Å². The number of anilines is 2. The maximum atomic E-state index is 13.1. The summed E-state index contributed by atoms with van der Waals surface area (Å²) in [5.41, 5.74) is 9.05. The summed E-state index contributed by atoms with van der Waals surface area (Å²) < 4.78 is 18.0. The fraction of sp³-hybridized carbons (Fsp3) is 0.333. The number of aliphatic imine (C=N–C) groups is 1. The van der Waals surface area contributed by atoms with E-state index in [-0.39, 0.29) is 35.9 Å². The zero-order valence-corrected chi connectivity index (χ0v) is 18.9. The molecule has 2 N–H and O–H groups in total. The summed E-state index contributed by atoms with van der Waals surface area (Å²) in [6.45, 7) is 4.63. The van der Waals surface area contributed by atoms with Crippen LogP contribution < -0.4 is 15.5 Å². The van der Waals surface area contributed by atoms with Gasteiger partial charge in [0.15, 0.2) is 5.96 Å². The number of guanidine groups is 1. The smallest absolute Gasteiger partial charge is 0.414 e. The molecule has 0 radical (unpaired) electrons. The van der Waals surface area contributed by atoms with E-state index < -0.39 is 0 Å². The van der Waals surface area contributed by atoms with E-state index in [1.165, 1.54) is 12.1 Å². The van der Waals surface area contributed by atoms with Gasteiger partial charge in [-0.25, -0.2) is 14.2 Å². The molecule has 0 aromatic heterocycles. The maximum absolute atomic E-state index is 13.1. The average molecular weight is 525 g/mol. The Kier molecular flexibility index (Phi) is 7.35. The van der Waals surface area contributed by atoms with Crippen LogP contribution in [0.2, 0.25) is 0 Å². The van der Waals surface area contributed by atoms with Gasteiger partial charge in [-0.15, -0.1) is 24.0 Å². The lowest BCUT2D eigenvalue weighted by atomic mass is 10.2. The van der Waals surface area contributed by atoms with E-state index in [0.717, 1.165) is 43.1 Å². The number of halogens is 2. The number of hydrogen-bond acceptors (Lipinski definition) is 4. The number of cyclic esters (lactones) is 1. The molecule has 2 aromatic carbocycles. The quantitative estimate of drug-likeness (QED) is 0.378. The van der Waals surface area contributed by atoms with Gasteiger partial charge < -0.3 is 20.3 Å². The summed E-state index contributed by atoms with van der Waals surface area (Å²) in [6, 6.07) is 14.3. The predicted octanol–water partition coefficient (Wildman–Crippen LogP) is 3.04. The Morgan fingerprint density at radius 3 is 2.20 bits per heavy atom. The van der Waals surface area contributed by atoms with E-state index in [2.05, 4.69) is 14.8 Å². The fourth-order valence-electron chi connectivity index (χ4n) is 3.53. The highest BCUT2D eigenvalue weighted by Crippen LogP contribution is 2.20. The molecule has 2 saturated heterocycles. The minimum absolute atomic E-state index is 0. The summed E-state index contributed by atoms with van der Waals surface area (Å²) in [4.78, 5) is 22.0. The van der Waals surface area contributed by atoms with Crippen LogP contribution in [0, 0.1) is 5.82 Å². The molecule has 0 atom stereocenters. The monoisotopic (exact) mass is 525 g/mol. The molecule has 160 valence electrons. The zero-order chi connectivity index (χ0) is 20.2. The molecule has 7 nitrogen and oxygen atoms in total. The van der Waals surface area contributed by atoms with Crippen molar-refractivity contribution in [2.24, 2.45) is 10.7 Å². The van der Waals surface area contributed by atoms with Crippen LogP contribution in [0.3, 0.4) is 0 Å². The number of amides is 1. The second-order valence-corrected chi connectivity index (χ2v) is 7.06. The van der Waals surface area contributed by atoms with Crippen LogP contribution >= 0.6 is 24.0 Å². The SMILES string of the molecule is I.NC(=NCc1ccc(N2CCOC2=O)cc1)N1CCN(c2ccc(F)cc2)CC1. The molecule has 4 rings (SSSR count). The first-order chi connectivity index (χ1) is 14.1. The second-order valence-electron chi connectivity index (χ2n) is 7.06. The topological polar surface area (TPSA) is 74.4 Å². The van der Waals surface area contributed by atoms with E-state index in [1.54, 1.807) is 17.0 Å². The van der Waals surface area contributed by atoms with E-state index >= 15 is 0 Å². The molecule has 0 aliphatic carbocycles. The third-order valence-electron chi connectivity index (χ3n) is 5.23. The Morgan fingerprint density at radius 2 is 1.60 bits per heavy atom. The van der Waals surface area contributed by atoms with Gasteiger partial charge >= 0.3 is 6.09 Å². The lowest BCUT2D eigenvalue weighted by Crippen LogP contribution is -2.51. The van der Waals surface area contributed by atoms with E-state index in [4.69, 9.17) is 10.5 Å². The summed E-state index contributed by atoms with van der Waals surface area (Å²) in [6.07, 6.45) is -0.306. The van der Waals surface area contributed by atoms with Crippen molar-refractivity contribution in [3.05, 3.63) is 59.9 Å². The first kappa shape index (κ1) is 22.1. The maximum Gasteiger partial charge on any atom is 0.414 e. The van der Waals surface area contributed by atoms with Crippen molar-refractivity contribution in [2.75, 3.05) is 49.1 Å². The number of piperazine rings is 1. The normalized spacial score (nSPS) is 17.0. The standard InChI is InChI=1S/C21H24FN5O2.HI/c22-17-3-7-18(8-4-17)25-9-11-26(12-10-25)20(23)24-15-16-1-5-19(6-2-16)27-13-14-29-21(27)28;/h1-8H,9-15H2,(H2,23,24);1H. The highest BCUT2D eigenvalue weighted by atomic mass is 127. The predicted molar refractivity (Wildman–Crippen MR) is 126 cm³/mol. The lowest BCUT2D eigenvalue weighted by Gasteiger charge is -2.36. The van der Waals surface area contributed by atoms with Crippen LogP contribution in [0.5, 0.6) is 0 Å². The second kappa shape index (κ2) is 9.96. The summed E-state index contributed by atoms with van der Waals surface area (Å²) in [5.74, 6) is 0.299. The van der Waals surface area contributed by atoms with Crippen molar-refractivity contribution in [2.45, 2.75) is 6.54 Å².